The van der Waals surface area contributed by atoms with Gasteiger partial charge in [0.25, 0.3) is 0 Å². The van der Waals surface area contributed by atoms with Crippen molar-refractivity contribution in [3.05, 3.63) is 36.0 Å². The maximum Gasteiger partial charge on any atom is 0.226 e. The number of hydrogen-bond acceptors (Lipinski definition) is 1. The molecule has 3 rings (SSSR count). The van der Waals surface area contributed by atoms with Crippen LogP contribution in [0, 0.1) is 28.6 Å². The fourth-order valence-corrected chi connectivity index (χ4v) is 5.98. The zero-order valence-corrected chi connectivity index (χ0v) is 16.5. The van der Waals surface area contributed by atoms with Crippen LogP contribution in [-0.2, 0) is 4.79 Å². The third kappa shape index (κ3) is 3.02. The molecule has 25 heavy (non-hydrogen) atoms. The fraction of sp³-hybridized carbons (Fsp3) is 0.696. The normalized spacial score (nSPS) is 37.5. The first-order chi connectivity index (χ1) is 11.8. The van der Waals surface area contributed by atoms with Gasteiger partial charge < -0.3 is 5.32 Å². The summed E-state index contributed by atoms with van der Waals surface area (Å²) < 4.78 is 0. The van der Waals surface area contributed by atoms with E-state index in [1.165, 1.54) is 19.3 Å². The standard InChI is InChI=1S/C23H35NO/c1-6-14-24-21(25)23(5)13-7-12-22(4)19-10-8-17(16(2)3)15-18(19)9-11-20(22)23/h6,9,15-16,19-20H,1,7-8,10-14H2,2-5H3,(H,24,25)/t19-,20?,22-,23+/m1/s1. The summed E-state index contributed by atoms with van der Waals surface area (Å²) in [5, 5.41) is 3.10. The summed E-state index contributed by atoms with van der Waals surface area (Å²) in [5.41, 5.74) is 3.16. The lowest BCUT2D eigenvalue weighted by Gasteiger charge is -2.57. The van der Waals surface area contributed by atoms with Crippen LogP contribution in [0.4, 0.5) is 0 Å². The van der Waals surface area contributed by atoms with Gasteiger partial charge in [-0.25, -0.2) is 0 Å². The van der Waals surface area contributed by atoms with Gasteiger partial charge in [-0.3, -0.25) is 4.79 Å². The van der Waals surface area contributed by atoms with Crippen molar-refractivity contribution in [1.82, 2.24) is 5.32 Å². The van der Waals surface area contributed by atoms with Crippen molar-refractivity contribution in [2.75, 3.05) is 6.54 Å². The molecule has 1 fully saturated rings. The van der Waals surface area contributed by atoms with E-state index in [0.29, 0.717) is 24.3 Å². The number of rotatable bonds is 4. The van der Waals surface area contributed by atoms with Crippen molar-refractivity contribution in [2.24, 2.45) is 28.6 Å². The molecule has 0 radical (unpaired) electrons. The smallest absolute Gasteiger partial charge is 0.226 e. The molecule has 4 atom stereocenters. The molecule has 138 valence electrons. The van der Waals surface area contributed by atoms with E-state index >= 15 is 0 Å². The summed E-state index contributed by atoms with van der Waals surface area (Å²) in [6.45, 7) is 13.6. The van der Waals surface area contributed by atoms with E-state index in [4.69, 9.17) is 0 Å². The second-order valence-electron chi connectivity index (χ2n) is 9.23. The number of amides is 1. The van der Waals surface area contributed by atoms with Gasteiger partial charge >= 0.3 is 0 Å². The highest BCUT2D eigenvalue weighted by Gasteiger charge is 2.56. The molecule has 0 aromatic rings. The maximum absolute atomic E-state index is 13.0. The fourth-order valence-electron chi connectivity index (χ4n) is 5.98. The Hall–Kier alpha value is -1.31. The minimum absolute atomic E-state index is 0.231. The van der Waals surface area contributed by atoms with Crippen LogP contribution in [0.2, 0.25) is 0 Å². The summed E-state index contributed by atoms with van der Waals surface area (Å²) in [6, 6.07) is 0. The van der Waals surface area contributed by atoms with Crippen LogP contribution < -0.4 is 5.32 Å². The molecule has 0 saturated heterocycles. The lowest BCUT2D eigenvalue weighted by molar-refractivity contribution is -0.144. The van der Waals surface area contributed by atoms with Crippen LogP contribution in [0.15, 0.2) is 36.0 Å². The van der Waals surface area contributed by atoms with Crippen molar-refractivity contribution >= 4 is 5.91 Å². The third-order valence-electron chi connectivity index (χ3n) is 7.51. The Morgan fingerprint density at radius 3 is 2.84 bits per heavy atom. The molecule has 0 aromatic carbocycles. The van der Waals surface area contributed by atoms with Gasteiger partial charge in [0.15, 0.2) is 0 Å². The molecular formula is C23H35NO. The molecule has 1 unspecified atom stereocenters. The Morgan fingerprint density at radius 2 is 2.16 bits per heavy atom. The largest absolute Gasteiger partial charge is 0.352 e. The van der Waals surface area contributed by atoms with E-state index in [1.54, 1.807) is 17.2 Å². The quantitative estimate of drug-likeness (QED) is 0.679. The summed E-state index contributed by atoms with van der Waals surface area (Å²) >= 11 is 0. The summed E-state index contributed by atoms with van der Waals surface area (Å²) in [6.07, 6.45) is 13.7. The molecule has 0 heterocycles. The van der Waals surface area contributed by atoms with Gasteiger partial charge in [0.2, 0.25) is 5.91 Å². The molecular weight excluding hydrogens is 306 g/mol. The van der Waals surface area contributed by atoms with Crippen molar-refractivity contribution < 1.29 is 4.79 Å². The van der Waals surface area contributed by atoms with Gasteiger partial charge in [-0.1, -0.05) is 57.9 Å². The minimum atomic E-state index is -0.250. The zero-order valence-electron chi connectivity index (χ0n) is 16.5. The van der Waals surface area contributed by atoms with E-state index in [9.17, 15) is 4.79 Å². The Morgan fingerprint density at radius 1 is 1.40 bits per heavy atom. The molecule has 1 N–H and O–H groups in total. The van der Waals surface area contributed by atoms with Crippen LogP contribution in [-0.4, -0.2) is 12.5 Å². The summed E-state index contributed by atoms with van der Waals surface area (Å²) in [5.74, 6) is 1.95. The highest BCUT2D eigenvalue weighted by atomic mass is 16.2. The van der Waals surface area contributed by atoms with Gasteiger partial charge in [-0.2, -0.15) is 0 Å². The Balaban J connectivity index is 1.93. The number of nitrogens with one attached hydrogen (secondary N) is 1. The van der Waals surface area contributed by atoms with E-state index in [1.807, 2.05) is 0 Å². The molecule has 0 spiro atoms. The molecule has 0 aliphatic heterocycles. The number of carbonyl (C=O) groups excluding carboxylic acids is 1. The van der Waals surface area contributed by atoms with Gasteiger partial charge in [0.1, 0.15) is 0 Å². The number of hydrogen-bond donors (Lipinski definition) is 1. The number of fused-ring (bicyclic) bond motifs is 3. The Kier molecular flexibility index (Phi) is 5.01. The van der Waals surface area contributed by atoms with Crippen molar-refractivity contribution in [3.8, 4) is 0 Å². The van der Waals surface area contributed by atoms with Gasteiger partial charge in [-0.15, -0.1) is 6.58 Å². The van der Waals surface area contributed by atoms with E-state index < -0.39 is 0 Å². The molecule has 0 bridgehead atoms. The number of carbonyl (C=O) groups is 1. The third-order valence-corrected chi connectivity index (χ3v) is 7.51. The van der Waals surface area contributed by atoms with Crippen molar-refractivity contribution in [2.45, 2.75) is 66.2 Å². The Bertz CT molecular complexity index is 614. The topological polar surface area (TPSA) is 29.1 Å². The average Bonchev–Trinajstić information content (AvgIpc) is 2.58. The predicted molar refractivity (Wildman–Crippen MR) is 105 cm³/mol. The number of allylic oxidation sites excluding steroid dienone is 4. The highest BCUT2D eigenvalue weighted by Crippen LogP contribution is 2.62. The van der Waals surface area contributed by atoms with Crippen LogP contribution in [0.5, 0.6) is 0 Å². The summed E-state index contributed by atoms with van der Waals surface area (Å²) in [4.78, 5) is 13.0. The molecule has 1 saturated carbocycles. The summed E-state index contributed by atoms with van der Waals surface area (Å²) in [7, 11) is 0. The van der Waals surface area contributed by atoms with Gasteiger partial charge in [0.05, 0.1) is 5.41 Å². The second kappa shape index (κ2) is 6.78. The lowest BCUT2D eigenvalue weighted by Crippen LogP contribution is -2.55. The predicted octanol–water partition coefficient (Wildman–Crippen LogP) is 5.42. The second-order valence-corrected chi connectivity index (χ2v) is 9.23. The Labute approximate surface area is 153 Å². The molecule has 2 heteroatoms. The van der Waals surface area contributed by atoms with E-state index in [-0.39, 0.29) is 16.7 Å². The van der Waals surface area contributed by atoms with Gasteiger partial charge in [0, 0.05) is 6.54 Å². The van der Waals surface area contributed by atoms with Crippen LogP contribution in [0.1, 0.15) is 66.2 Å². The zero-order chi connectivity index (χ0) is 18.2. The molecule has 1 amide bonds. The van der Waals surface area contributed by atoms with Crippen molar-refractivity contribution in [3.63, 3.8) is 0 Å². The molecule has 2 nitrogen and oxygen atoms in total. The molecule has 0 aromatic heterocycles. The molecule has 3 aliphatic rings. The van der Waals surface area contributed by atoms with Crippen LogP contribution in [0.25, 0.3) is 0 Å². The first-order valence-electron chi connectivity index (χ1n) is 10.1. The van der Waals surface area contributed by atoms with E-state index in [0.717, 1.165) is 19.3 Å². The van der Waals surface area contributed by atoms with E-state index in [2.05, 4.69) is 51.7 Å². The molecule has 3 aliphatic carbocycles. The maximum atomic E-state index is 13.0. The monoisotopic (exact) mass is 341 g/mol. The first kappa shape index (κ1) is 18.5. The lowest BCUT2D eigenvalue weighted by atomic mass is 9.46. The van der Waals surface area contributed by atoms with Crippen LogP contribution in [0.3, 0.4) is 0 Å². The minimum Gasteiger partial charge on any atom is -0.352 e. The first-order valence-corrected chi connectivity index (χ1v) is 10.1. The highest BCUT2D eigenvalue weighted by molar-refractivity contribution is 5.83. The van der Waals surface area contributed by atoms with Crippen molar-refractivity contribution in [1.29, 1.82) is 0 Å². The SMILES string of the molecule is C=CCNC(=O)[C@@]1(C)CCC[C@@]2(C)C1CC=C1C=C(C(C)C)CC[C@H]12. The van der Waals surface area contributed by atoms with Crippen LogP contribution >= 0.6 is 0 Å². The van der Waals surface area contributed by atoms with Gasteiger partial charge in [-0.05, 0) is 60.8 Å². The average molecular weight is 342 g/mol.